The van der Waals surface area contributed by atoms with Crippen molar-refractivity contribution < 1.29 is 14.8 Å². The van der Waals surface area contributed by atoms with E-state index in [1.165, 1.54) is 0 Å². The highest BCUT2D eigenvalue weighted by molar-refractivity contribution is 8.00. The Labute approximate surface area is 96.5 Å². The largest absolute Gasteiger partial charge is 0.753 e. The van der Waals surface area contributed by atoms with Crippen LogP contribution in [-0.4, -0.2) is 28.4 Å². The Morgan fingerprint density at radius 2 is 2.19 bits per heavy atom. The summed E-state index contributed by atoms with van der Waals surface area (Å²) in [4.78, 5) is 14.2. The fourth-order valence-corrected chi connectivity index (χ4v) is 1.35. The molecule has 7 nitrogen and oxygen atoms in total. The van der Waals surface area contributed by atoms with E-state index in [1.807, 2.05) is 0 Å². The van der Waals surface area contributed by atoms with Crippen LogP contribution in [0.2, 0.25) is 0 Å². The molecule has 0 amide bonds. The summed E-state index contributed by atoms with van der Waals surface area (Å²) < 4.78 is 0. The molecular formula is C8H12N3O4S-. The molecule has 0 spiro atoms. The molecule has 0 aliphatic heterocycles. The van der Waals surface area contributed by atoms with Gasteiger partial charge >= 0.3 is 5.97 Å². The number of nitrogens with zero attached hydrogens (tertiary/aromatic N) is 1. The first-order chi connectivity index (χ1) is 7.49. The molecule has 0 saturated carbocycles. The van der Waals surface area contributed by atoms with Crippen LogP contribution in [0.15, 0.2) is 29.5 Å². The van der Waals surface area contributed by atoms with Gasteiger partial charge in [0, 0.05) is 11.3 Å². The SMILES string of the molecule is C=C(CSCC(=O)O)C(=C)/C(N)=N\ON[O-]. The molecular weight excluding hydrogens is 234 g/mol. The molecule has 0 aromatic heterocycles. The van der Waals surface area contributed by atoms with Crippen molar-refractivity contribution >= 4 is 23.6 Å². The zero-order valence-corrected chi connectivity index (χ0v) is 9.25. The van der Waals surface area contributed by atoms with Gasteiger partial charge in [0.2, 0.25) is 0 Å². The van der Waals surface area contributed by atoms with Crippen molar-refractivity contribution in [2.24, 2.45) is 10.9 Å². The number of carbonyl (C=O) groups is 1. The standard InChI is InChI=1S/C8H12N3O4S/c1-5(3-16-4-7(12)13)6(2)8(9)10-15-11-14/h11H,1-4H2,(H2,9,10)(H,12,13)/q-1. The minimum atomic E-state index is -0.913. The van der Waals surface area contributed by atoms with Crippen LogP contribution in [0.4, 0.5) is 0 Å². The number of oxime groups is 1. The minimum Gasteiger partial charge on any atom is -0.753 e. The molecule has 0 fully saturated rings. The highest BCUT2D eigenvalue weighted by Gasteiger charge is 2.07. The van der Waals surface area contributed by atoms with E-state index >= 15 is 0 Å². The zero-order valence-electron chi connectivity index (χ0n) is 8.43. The average molecular weight is 246 g/mol. The lowest BCUT2D eigenvalue weighted by molar-refractivity contribution is -0.133. The Morgan fingerprint density at radius 3 is 2.69 bits per heavy atom. The molecule has 90 valence electrons. The van der Waals surface area contributed by atoms with Gasteiger partial charge in [-0.1, -0.05) is 13.2 Å². The van der Waals surface area contributed by atoms with Crippen LogP contribution in [0.1, 0.15) is 0 Å². The van der Waals surface area contributed by atoms with Gasteiger partial charge in [-0.05, 0) is 10.7 Å². The molecule has 0 bridgehead atoms. The lowest BCUT2D eigenvalue weighted by Crippen LogP contribution is -2.18. The second-order valence-electron chi connectivity index (χ2n) is 2.62. The summed E-state index contributed by atoms with van der Waals surface area (Å²) in [7, 11) is 0. The second kappa shape index (κ2) is 7.74. The summed E-state index contributed by atoms with van der Waals surface area (Å²) in [5, 5.41) is 21.3. The van der Waals surface area contributed by atoms with Crippen LogP contribution in [-0.2, 0) is 9.73 Å². The topological polar surface area (TPSA) is 120 Å². The molecule has 0 radical (unpaired) electrons. The number of carboxylic acid groups (broad SMARTS) is 1. The van der Waals surface area contributed by atoms with E-state index in [4.69, 9.17) is 10.8 Å². The molecule has 0 aromatic rings. The third-order valence-electron chi connectivity index (χ3n) is 1.42. The van der Waals surface area contributed by atoms with Crippen molar-refractivity contribution in [3.8, 4) is 0 Å². The van der Waals surface area contributed by atoms with Gasteiger partial charge in [-0.3, -0.25) is 4.79 Å². The molecule has 16 heavy (non-hydrogen) atoms. The predicted octanol–water partition coefficient (Wildman–Crippen LogP) is 0.208. The number of thioether (sulfide) groups is 1. The Morgan fingerprint density at radius 1 is 1.56 bits per heavy atom. The molecule has 8 heteroatoms. The molecule has 0 atom stereocenters. The van der Waals surface area contributed by atoms with Gasteiger partial charge in [-0.15, -0.1) is 11.8 Å². The number of hydrogen-bond donors (Lipinski definition) is 3. The fourth-order valence-electron chi connectivity index (χ4n) is 0.653. The zero-order chi connectivity index (χ0) is 12.6. The molecule has 0 aliphatic carbocycles. The Kier molecular flexibility index (Phi) is 7.01. The fraction of sp³-hybridized carbons (Fsp3) is 0.250. The van der Waals surface area contributed by atoms with Gasteiger partial charge in [0.15, 0.2) is 5.84 Å². The number of aliphatic carboxylic acids is 1. The summed E-state index contributed by atoms with van der Waals surface area (Å²) >= 11 is 1.15. The minimum absolute atomic E-state index is 0.0397. The molecule has 0 unspecified atom stereocenters. The second-order valence-corrected chi connectivity index (χ2v) is 3.61. The van der Waals surface area contributed by atoms with E-state index in [-0.39, 0.29) is 11.6 Å². The quantitative estimate of drug-likeness (QED) is 0.242. The van der Waals surface area contributed by atoms with Crippen LogP contribution in [0, 0.1) is 5.21 Å². The summed E-state index contributed by atoms with van der Waals surface area (Å²) in [5.41, 5.74) is 7.29. The van der Waals surface area contributed by atoms with E-state index in [9.17, 15) is 10.0 Å². The van der Waals surface area contributed by atoms with E-state index in [0.717, 1.165) is 17.4 Å². The first-order valence-electron chi connectivity index (χ1n) is 4.02. The maximum absolute atomic E-state index is 10.2. The molecule has 0 aliphatic rings. The Bertz CT molecular complexity index is 316. The highest BCUT2D eigenvalue weighted by atomic mass is 32.2. The Hall–Kier alpha value is -1.51. The number of amidine groups is 1. The lowest BCUT2D eigenvalue weighted by atomic mass is 10.1. The van der Waals surface area contributed by atoms with Crippen LogP contribution >= 0.6 is 11.8 Å². The number of rotatable bonds is 8. The van der Waals surface area contributed by atoms with Crippen molar-refractivity contribution in [3.63, 3.8) is 0 Å². The van der Waals surface area contributed by atoms with Crippen LogP contribution in [0.3, 0.4) is 0 Å². The van der Waals surface area contributed by atoms with Crippen molar-refractivity contribution in [2.45, 2.75) is 0 Å². The number of hydrogen-bond acceptors (Lipinski definition) is 6. The monoisotopic (exact) mass is 246 g/mol. The normalized spacial score (nSPS) is 10.9. The number of nitrogens with two attached hydrogens (primary N) is 1. The molecule has 0 aromatic carbocycles. The van der Waals surface area contributed by atoms with Crippen LogP contribution in [0.25, 0.3) is 0 Å². The van der Waals surface area contributed by atoms with E-state index in [1.54, 1.807) is 0 Å². The summed E-state index contributed by atoms with van der Waals surface area (Å²) in [6.45, 7) is 7.23. The van der Waals surface area contributed by atoms with Crippen LogP contribution < -0.4 is 11.4 Å². The van der Waals surface area contributed by atoms with Crippen molar-refractivity contribution in [2.75, 3.05) is 11.5 Å². The predicted molar refractivity (Wildman–Crippen MR) is 62.5 cm³/mol. The highest BCUT2D eigenvalue weighted by Crippen LogP contribution is 2.13. The molecule has 4 N–H and O–H groups in total. The van der Waals surface area contributed by atoms with Gasteiger partial charge < -0.3 is 21.0 Å². The summed E-state index contributed by atoms with van der Waals surface area (Å²) in [6, 6.07) is 0. The first kappa shape index (κ1) is 14.5. The number of carboxylic acids is 1. The Balaban J connectivity index is 4.08. The van der Waals surface area contributed by atoms with Gasteiger partial charge in [0.05, 0.1) is 5.75 Å². The first-order valence-corrected chi connectivity index (χ1v) is 5.18. The third kappa shape index (κ3) is 6.06. The number of nitrogens with one attached hydrogen (secondary N) is 1. The third-order valence-corrected chi connectivity index (χ3v) is 2.42. The average Bonchev–Trinajstić information content (AvgIpc) is 2.24. The lowest BCUT2D eigenvalue weighted by Gasteiger charge is -2.08. The van der Waals surface area contributed by atoms with E-state index in [0.29, 0.717) is 16.9 Å². The van der Waals surface area contributed by atoms with Crippen molar-refractivity contribution in [1.82, 2.24) is 5.64 Å². The van der Waals surface area contributed by atoms with Crippen LogP contribution in [0.5, 0.6) is 0 Å². The van der Waals surface area contributed by atoms with Crippen molar-refractivity contribution in [3.05, 3.63) is 29.5 Å². The summed E-state index contributed by atoms with van der Waals surface area (Å²) in [5.74, 6) is -0.693. The van der Waals surface area contributed by atoms with Gasteiger partial charge in [-0.25, -0.2) is 0 Å². The van der Waals surface area contributed by atoms with Gasteiger partial charge in [0.25, 0.3) is 0 Å². The van der Waals surface area contributed by atoms with E-state index in [2.05, 4.69) is 23.3 Å². The maximum Gasteiger partial charge on any atom is 0.313 e. The van der Waals surface area contributed by atoms with Gasteiger partial charge in [0.1, 0.15) is 0 Å². The smallest absolute Gasteiger partial charge is 0.313 e. The summed E-state index contributed by atoms with van der Waals surface area (Å²) in [6.07, 6.45) is 0. The molecule has 0 heterocycles. The van der Waals surface area contributed by atoms with Gasteiger partial charge in [-0.2, -0.15) is 5.64 Å². The molecule has 0 saturated heterocycles. The van der Waals surface area contributed by atoms with E-state index < -0.39 is 5.97 Å². The molecule has 0 rings (SSSR count). The maximum atomic E-state index is 10.2. The van der Waals surface area contributed by atoms with Crippen molar-refractivity contribution in [1.29, 1.82) is 0 Å².